The number of rotatable bonds is 1. The molecule has 12 heavy (non-hydrogen) atoms. The van der Waals surface area contributed by atoms with Gasteiger partial charge in [0, 0.05) is 12.8 Å². The van der Waals surface area contributed by atoms with E-state index in [0.29, 0.717) is 0 Å². The molecule has 64 valence electrons. The third-order valence-electron chi connectivity index (χ3n) is 2.05. The molecule has 2 atom stereocenters. The zero-order valence-electron chi connectivity index (χ0n) is 6.74. The minimum absolute atomic E-state index is 0.0306. The first-order valence-electron chi connectivity index (χ1n) is 3.68. The molecule has 1 rings (SSSR count). The number of carbonyl (C=O) groups is 2. The maximum absolute atomic E-state index is 11.0. The van der Waals surface area contributed by atoms with Crippen LogP contribution in [0.5, 0.6) is 0 Å². The average molecular weight is 167 g/mol. The monoisotopic (exact) mass is 167 g/mol. The Kier molecular flexibility index (Phi) is 2.44. The predicted molar refractivity (Wildman–Crippen MR) is 38.9 cm³/mol. The minimum atomic E-state index is -0.535. The molecule has 0 unspecified atom stereocenters. The summed E-state index contributed by atoms with van der Waals surface area (Å²) in [5, 5.41) is 8.59. The van der Waals surface area contributed by atoms with Gasteiger partial charge in [0.1, 0.15) is 5.78 Å². The zero-order chi connectivity index (χ0) is 9.14. The van der Waals surface area contributed by atoms with Crippen molar-refractivity contribution in [2.24, 2.45) is 11.8 Å². The Morgan fingerprint density at radius 1 is 1.67 bits per heavy atom. The van der Waals surface area contributed by atoms with Crippen molar-refractivity contribution in [3.05, 3.63) is 0 Å². The number of nitriles is 1. The molecule has 0 N–H and O–H groups in total. The smallest absolute Gasteiger partial charge is 0.310 e. The second-order valence-electron chi connectivity index (χ2n) is 2.81. The van der Waals surface area contributed by atoms with Gasteiger partial charge < -0.3 is 4.74 Å². The summed E-state index contributed by atoms with van der Waals surface area (Å²) in [6.07, 6.45) is 0.348. The highest BCUT2D eigenvalue weighted by molar-refractivity contribution is 5.89. The first-order chi connectivity index (χ1) is 5.69. The number of ether oxygens (including phenoxy) is 1. The van der Waals surface area contributed by atoms with Crippen LogP contribution in [0.4, 0.5) is 0 Å². The molecule has 0 heterocycles. The molecule has 0 aliphatic heterocycles. The molecule has 0 radical (unpaired) electrons. The number of esters is 1. The van der Waals surface area contributed by atoms with Gasteiger partial charge >= 0.3 is 5.97 Å². The summed E-state index contributed by atoms with van der Waals surface area (Å²) in [6, 6.07) is 1.94. The van der Waals surface area contributed by atoms with E-state index in [1.54, 1.807) is 0 Å². The van der Waals surface area contributed by atoms with Gasteiger partial charge in [0.05, 0.1) is 25.0 Å². The third kappa shape index (κ3) is 1.45. The molecule has 4 nitrogen and oxygen atoms in total. The first-order valence-corrected chi connectivity index (χ1v) is 3.68. The maximum atomic E-state index is 11.0. The Morgan fingerprint density at radius 2 is 2.33 bits per heavy atom. The highest BCUT2D eigenvalue weighted by atomic mass is 16.5. The van der Waals surface area contributed by atoms with Crippen LogP contribution in [0.25, 0.3) is 0 Å². The third-order valence-corrected chi connectivity index (χ3v) is 2.05. The summed E-state index contributed by atoms with van der Waals surface area (Å²) < 4.78 is 4.47. The van der Waals surface area contributed by atoms with Gasteiger partial charge in [-0.15, -0.1) is 0 Å². The number of hydrogen-bond acceptors (Lipinski definition) is 4. The average Bonchev–Trinajstić information content (AvgIpc) is 2.45. The largest absolute Gasteiger partial charge is 0.469 e. The molecule has 1 fully saturated rings. The van der Waals surface area contributed by atoms with Crippen molar-refractivity contribution in [2.45, 2.75) is 12.8 Å². The van der Waals surface area contributed by atoms with Crippen LogP contribution < -0.4 is 0 Å². The minimum Gasteiger partial charge on any atom is -0.469 e. The second-order valence-corrected chi connectivity index (χ2v) is 2.81. The summed E-state index contributed by atoms with van der Waals surface area (Å²) in [5.41, 5.74) is 0. The van der Waals surface area contributed by atoms with Gasteiger partial charge in [0.25, 0.3) is 0 Å². The van der Waals surface area contributed by atoms with Gasteiger partial charge in [-0.1, -0.05) is 0 Å². The number of Topliss-reactive ketones (excluding diaryl/α,β-unsaturated/α-hetero) is 1. The van der Waals surface area contributed by atoms with Crippen molar-refractivity contribution < 1.29 is 14.3 Å². The molecular formula is C8H9NO3. The molecule has 0 amide bonds. The van der Waals surface area contributed by atoms with Crippen LogP contribution >= 0.6 is 0 Å². The molecule has 0 spiro atoms. The first kappa shape index (κ1) is 8.72. The van der Waals surface area contributed by atoms with E-state index in [1.165, 1.54) is 7.11 Å². The van der Waals surface area contributed by atoms with E-state index in [-0.39, 0.29) is 18.6 Å². The molecule has 0 aromatic rings. The van der Waals surface area contributed by atoms with Crippen LogP contribution in [0.2, 0.25) is 0 Å². The van der Waals surface area contributed by atoms with Crippen LogP contribution in [0.1, 0.15) is 12.8 Å². The maximum Gasteiger partial charge on any atom is 0.310 e. The van der Waals surface area contributed by atoms with E-state index >= 15 is 0 Å². The van der Waals surface area contributed by atoms with Crippen molar-refractivity contribution in [1.82, 2.24) is 0 Å². The van der Waals surface area contributed by atoms with Gasteiger partial charge in [-0.05, 0) is 0 Å². The lowest BCUT2D eigenvalue weighted by Crippen LogP contribution is -2.19. The lowest BCUT2D eigenvalue weighted by molar-refractivity contribution is -0.146. The topological polar surface area (TPSA) is 67.2 Å². The molecular weight excluding hydrogens is 158 g/mol. The molecule has 0 aromatic heterocycles. The van der Waals surface area contributed by atoms with Crippen LogP contribution in [0.3, 0.4) is 0 Å². The Labute approximate surface area is 70.1 Å². The fourth-order valence-electron chi connectivity index (χ4n) is 1.39. The number of ketones is 1. The van der Waals surface area contributed by atoms with Gasteiger partial charge in [-0.25, -0.2) is 0 Å². The predicted octanol–water partition coefficient (Wildman–Crippen LogP) is 0.278. The van der Waals surface area contributed by atoms with Gasteiger partial charge in [0.2, 0.25) is 0 Å². The Balaban J connectivity index is 2.71. The van der Waals surface area contributed by atoms with E-state index in [1.807, 2.05) is 6.07 Å². The lowest BCUT2D eigenvalue weighted by Gasteiger charge is -2.07. The number of methoxy groups -OCH3 is 1. The van der Waals surface area contributed by atoms with Gasteiger partial charge in [0.15, 0.2) is 0 Å². The summed E-state index contributed by atoms with van der Waals surface area (Å²) in [6.45, 7) is 0. The zero-order valence-corrected chi connectivity index (χ0v) is 6.74. The molecule has 0 bridgehead atoms. The van der Waals surface area contributed by atoms with Crippen molar-refractivity contribution in [2.75, 3.05) is 7.11 Å². The Bertz CT molecular complexity index is 254. The number of carbonyl (C=O) groups excluding carboxylic acids is 2. The lowest BCUT2D eigenvalue weighted by atomic mass is 9.98. The quantitative estimate of drug-likeness (QED) is 0.526. The van der Waals surface area contributed by atoms with Crippen molar-refractivity contribution in [1.29, 1.82) is 5.26 Å². The SMILES string of the molecule is COC(=O)[C@H]1CC(=O)C[C@H]1C#N. The van der Waals surface area contributed by atoms with E-state index in [9.17, 15) is 9.59 Å². The summed E-state index contributed by atoms with van der Waals surface area (Å²) in [4.78, 5) is 21.9. The molecule has 1 aliphatic rings. The summed E-state index contributed by atoms with van der Waals surface area (Å²) >= 11 is 0. The normalized spacial score (nSPS) is 28.2. The Morgan fingerprint density at radius 3 is 2.83 bits per heavy atom. The Hall–Kier alpha value is -1.37. The van der Waals surface area contributed by atoms with E-state index in [2.05, 4.69) is 4.74 Å². The van der Waals surface area contributed by atoms with Crippen LogP contribution in [0, 0.1) is 23.2 Å². The van der Waals surface area contributed by atoms with E-state index < -0.39 is 17.8 Å². The van der Waals surface area contributed by atoms with Crippen LogP contribution in [-0.2, 0) is 14.3 Å². The molecule has 1 saturated carbocycles. The van der Waals surface area contributed by atoms with Crippen molar-refractivity contribution >= 4 is 11.8 Å². The molecule has 4 heteroatoms. The fraction of sp³-hybridized carbons (Fsp3) is 0.625. The number of hydrogen-bond donors (Lipinski definition) is 0. The second kappa shape index (κ2) is 3.35. The fourth-order valence-corrected chi connectivity index (χ4v) is 1.39. The van der Waals surface area contributed by atoms with Gasteiger partial charge in [-0.2, -0.15) is 5.26 Å². The van der Waals surface area contributed by atoms with Crippen molar-refractivity contribution in [3.8, 4) is 6.07 Å². The molecule has 0 aromatic carbocycles. The highest BCUT2D eigenvalue weighted by Crippen LogP contribution is 2.29. The highest BCUT2D eigenvalue weighted by Gasteiger charge is 2.38. The summed E-state index contributed by atoms with van der Waals surface area (Å²) in [5.74, 6) is -1.50. The van der Waals surface area contributed by atoms with Crippen LogP contribution in [0.15, 0.2) is 0 Å². The molecule has 0 saturated heterocycles. The number of nitrogens with zero attached hydrogens (tertiary/aromatic N) is 1. The van der Waals surface area contributed by atoms with Crippen molar-refractivity contribution in [3.63, 3.8) is 0 Å². The van der Waals surface area contributed by atoms with E-state index in [0.717, 1.165) is 0 Å². The van der Waals surface area contributed by atoms with E-state index in [4.69, 9.17) is 5.26 Å². The molecule has 1 aliphatic carbocycles. The van der Waals surface area contributed by atoms with Gasteiger partial charge in [-0.3, -0.25) is 9.59 Å². The summed E-state index contributed by atoms with van der Waals surface area (Å²) in [7, 11) is 1.26. The standard InChI is InChI=1S/C8H9NO3/c1-12-8(11)7-3-6(10)2-5(7)4-9/h5,7H,2-3H2,1H3/t5-,7-/m0/s1. The van der Waals surface area contributed by atoms with Crippen LogP contribution in [-0.4, -0.2) is 18.9 Å².